The van der Waals surface area contributed by atoms with Crippen molar-refractivity contribution in [2.24, 2.45) is 0 Å². The standard InChI is InChI=1S/C14H27N3O2/c1-2-3-11-19-12-10-16-8-9-17(14(16)18)13-4-6-15-7-5-13/h13,15H,2-12H2,1H3. The fraction of sp³-hybridized carbons (Fsp3) is 0.929. The van der Waals surface area contributed by atoms with Crippen LogP contribution in [0.1, 0.15) is 32.6 Å². The summed E-state index contributed by atoms with van der Waals surface area (Å²) in [6.45, 7) is 8.21. The van der Waals surface area contributed by atoms with Crippen molar-refractivity contribution in [3.05, 3.63) is 0 Å². The summed E-state index contributed by atoms with van der Waals surface area (Å²) in [4.78, 5) is 16.3. The molecule has 0 aromatic carbocycles. The first-order valence-corrected chi connectivity index (χ1v) is 7.67. The molecule has 0 aromatic heterocycles. The molecule has 110 valence electrons. The number of nitrogens with zero attached hydrogens (tertiary/aromatic N) is 2. The van der Waals surface area contributed by atoms with Crippen LogP contribution in [0.25, 0.3) is 0 Å². The number of urea groups is 1. The van der Waals surface area contributed by atoms with Gasteiger partial charge in [-0.05, 0) is 32.4 Å². The third kappa shape index (κ3) is 4.08. The second kappa shape index (κ2) is 7.70. The minimum atomic E-state index is 0.214. The molecule has 0 bridgehead atoms. The number of piperidine rings is 1. The number of ether oxygens (including phenoxy) is 1. The van der Waals surface area contributed by atoms with Gasteiger partial charge in [-0.15, -0.1) is 0 Å². The summed E-state index contributed by atoms with van der Waals surface area (Å²) < 4.78 is 5.54. The van der Waals surface area contributed by atoms with Crippen molar-refractivity contribution in [2.45, 2.75) is 38.6 Å². The van der Waals surface area contributed by atoms with E-state index >= 15 is 0 Å². The fourth-order valence-corrected chi connectivity index (χ4v) is 2.79. The highest BCUT2D eigenvalue weighted by molar-refractivity contribution is 5.76. The van der Waals surface area contributed by atoms with Gasteiger partial charge in [-0.1, -0.05) is 13.3 Å². The highest BCUT2D eigenvalue weighted by atomic mass is 16.5. The smallest absolute Gasteiger partial charge is 0.320 e. The zero-order chi connectivity index (χ0) is 13.5. The third-order valence-corrected chi connectivity index (χ3v) is 4.02. The van der Waals surface area contributed by atoms with E-state index in [-0.39, 0.29) is 6.03 Å². The van der Waals surface area contributed by atoms with E-state index < -0.39 is 0 Å². The lowest BCUT2D eigenvalue weighted by molar-refractivity contribution is 0.109. The summed E-state index contributed by atoms with van der Waals surface area (Å²) in [6.07, 6.45) is 4.44. The van der Waals surface area contributed by atoms with Gasteiger partial charge in [0.2, 0.25) is 0 Å². The monoisotopic (exact) mass is 269 g/mol. The normalized spacial score (nSPS) is 21.4. The maximum absolute atomic E-state index is 12.3. The van der Waals surface area contributed by atoms with Crippen LogP contribution in [0.5, 0.6) is 0 Å². The summed E-state index contributed by atoms with van der Waals surface area (Å²) in [7, 11) is 0. The maximum atomic E-state index is 12.3. The summed E-state index contributed by atoms with van der Waals surface area (Å²) in [5.74, 6) is 0. The molecule has 0 aliphatic carbocycles. The maximum Gasteiger partial charge on any atom is 0.320 e. The Labute approximate surface area is 116 Å². The van der Waals surface area contributed by atoms with E-state index in [0.29, 0.717) is 12.6 Å². The molecule has 2 aliphatic rings. The molecule has 5 heteroatoms. The Morgan fingerprint density at radius 2 is 2.05 bits per heavy atom. The molecule has 2 aliphatic heterocycles. The molecule has 2 saturated heterocycles. The minimum Gasteiger partial charge on any atom is -0.380 e. The number of hydrogen-bond acceptors (Lipinski definition) is 3. The van der Waals surface area contributed by atoms with Gasteiger partial charge in [-0.3, -0.25) is 0 Å². The third-order valence-electron chi connectivity index (χ3n) is 4.02. The second-order valence-corrected chi connectivity index (χ2v) is 5.41. The molecule has 2 heterocycles. The Bertz CT molecular complexity index is 280. The molecule has 0 radical (unpaired) electrons. The molecule has 5 nitrogen and oxygen atoms in total. The molecule has 0 aromatic rings. The largest absolute Gasteiger partial charge is 0.380 e. The topological polar surface area (TPSA) is 44.8 Å². The van der Waals surface area contributed by atoms with E-state index in [0.717, 1.165) is 65.0 Å². The SMILES string of the molecule is CCCCOCCN1CCN(C2CCNCC2)C1=O. The molecule has 2 rings (SSSR count). The van der Waals surface area contributed by atoms with Gasteiger partial charge < -0.3 is 19.9 Å². The average molecular weight is 269 g/mol. The predicted molar refractivity (Wildman–Crippen MR) is 75.3 cm³/mol. The van der Waals surface area contributed by atoms with Crippen molar-refractivity contribution < 1.29 is 9.53 Å². The van der Waals surface area contributed by atoms with Gasteiger partial charge >= 0.3 is 6.03 Å². The molecule has 2 fully saturated rings. The van der Waals surface area contributed by atoms with Crippen LogP contribution in [0.2, 0.25) is 0 Å². The van der Waals surface area contributed by atoms with Crippen molar-refractivity contribution in [3.63, 3.8) is 0 Å². The second-order valence-electron chi connectivity index (χ2n) is 5.41. The van der Waals surface area contributed by atoms with Gasteiger partial charge in [0.25, 0.3) is 0 Å². The molecule has 0 spiro atoms. The van der Waals surface area contributed by atoms with Crippen LogP contribution in [0.4, 0.5) is 4.79 Å². The van der Waals surface area contributed by atoms with Gasteiger partial charge in [0.1, 0.15) is 0 Å². The van der Waals surface area contributed by atoms with E-state index in [9.17, 15) is 4.79 Å². The molecule has 0 saturated carbocycles. The number of amides is 2. The molecule has 2 amide bonds. The summed E-state index contributed by atoms with van der Waals surface area (Å²) in [5, 5.41) is 3.35. The van der Waals surface area contributed by atoms with Crippen LogP contribution < -0.4 is 5.32 Å². The van der Waals surface area contributed by atoms with E-state index in [1.165, 1.54) is 0 Å². The van der Waals surface area contributed by atoms with Crippen molar-refractivity contribution in [2.75, 3.05) is 45.9 Å². The Balaban J connectivity index is 1.68. The van der Waals surface area contributed by atoms with Crippen LogP contribution >= 0.6 is 0 Å². The lowest BCUT2D eigenvalue weighted by atomic mass is 10.1. The van der Waals surface area contributed by atoms with Gasteiger partial charge in [0.05, 0.1) is 6.61 Å². The van der Waals surface area contributed by atoms with E-state index in [1.54, 1.807) is 0 Å². The fourth-order valence-electron chi connectivity index (χ4n) is 2.79. The molecule has 19 heavy (non-hydrogen) atoms. The minimum absolute atomic E-state index is 0.214. The van der Waals surface area contributed by atoms with Crippen LogP contribution in [0.3, 0.4) is 0 Å². The van der Waals surface area contributed by atoms with Crippen LogP contribution in [-0.4, -0.2) is 67.8 Å². The Hall–Kier alpha value is -0.810. The van der Waals surface area contributed by atoms with Crippen molar-refractivity contribution in [1.82, 2.24) is 15.1 Å². The van der Waals surface area contributed by atoms with Gasteiger partial charge in [0.15, 0.2) is 0 Å². The number of nitrogens with one attached hydrogen (secondary N) is 1. The number of hydrogen-bond donors (Lipinski definition) is 1. The first-order chi connectivity index (χ1) is 9.33. The zero-order valence-electron chi connectivity index (χ0n) is 12.1. The number of rotatable bonds is 7. The Morgan fingerprint density at radius 1 is 1.26 bits per heavy atom. The highest BCUT2D eigenvalue weighted by Crippen LogP contribution is 2.18. The van der Waals surface area contributed by atoms with Crippen LogP contribution in [0, 0.1) is 0 Å². The average Bonchev–Trinajstić information content (AvgIpc) is 2.81. The zero-order valence-corrected chi connectivity index (χ0v) is 12.1. The number of unbranched alkanes of at least 4 members (excludes halogenated alkanes) is 1. The highest BCUT2D eigenvalue weighted by Gasteiger charge is 2.33. The van der Waals surface area contributed by atoms with Gasteiger partial charge in [-0.25, -0.2) is 4.79 Å². The van der Waals surface area contributed by atoms with E-state index in [4.69, 9.17) is 4.74 Å². The Kier molecular flexibility index (Phi) is 5.92. The summed E-state index contributed by atoms with van der Waals surface area (Å²) in [6, 6.07) is 0.658. The van der Waals surface area contributed by atoms with E-state index in [1.807, 2.05) is 4.90 Å². The number of carbonyl (C=O) groups is 1. The van der Waals surface area contributed by atoms with E-state index in [2.05, 4.69) is 17.1 Å². The van der Waals surface area contributed by atoms with Crippen LogP contribution in [0.15, 0.2) is 0 Å². The van der Waals surface area contributed by atoms with Crippen molar-refractivity contribution in [1.29, 1.82) is 0 Å². The predicted octanol–water partition coefficient (Wildman–Crippen LogP) is 1.29. The Morgan fingerprint density at radius 3 is 2.79 bits per heavy atom. The first kappa shape index (κ1) is 14.6. The van der Waals surface area contributed by atoms with Crippen LogP contribution in [-0.2, 0) is 4.74 Å². The molecule has 0 atom stereocenters. The van der Waals surface area contributed by atoms with Gasteiger partial charge in [-0.2, -0.15) is 0 Å². The quantitative estimate of drug-likeness (QED) is 0.708. The lowest BCUT2D eigenvalue weighted by Crippen LogP contribution is -2.45. The van der Waals surface area contributed by atoms with Gasteiger partial charge in [0, 0.05) is 32.3 Å². The van der Waals surface area contributed by atoms with Crippen molar-refractivity contribution >= 4 is 6.03 Å². The molecular weight excluding hydrogens is 242 g/mol. The molecule has 0 unspecified atom stereocenters. The van der Waals surface area contributed by atoms with Crippen molar-refractivity contribution in [3.8, 4) is 0 Å². The first-order valence-electron chi connectivity index (χ1n) is 7.67. The molecular formula is C14H27N3O2. The summed E-state index contributed by atoms with van der Waals surface area (Å²) >= 11 is 0. The summed E-state index contributed by atoms with van der Waals surface area (Å²) in [5.41, 5.74) is 0. The molecule has 1 N–H and O–H groups in total. The lowest BCUT2D eigenvalue weighted by Gasteiger charge is -2.31. The number of carbonyl (C=O) groups excluding carboxylic acids is 1.